The van der Waals surface area contributed by atoms with Crippen molar-refractivity contribution >= 4 is 22.8 Å². The summed E-state index contributed by atoms with van der Waals surface area (Å²) in [7, 11) is 2.12. The molecule has 0 saturated carbocycles. The fourth-order valence-corrected chi connectivity index (χ4v) is 4.75. The van der Waals surface area contributed by atoms with Crippen molar-refractivity contribution < 1.29 is 13.5 Å². The SMILES string of the molecule is Cc1nc2c(F)cc(-c3nc(Nc4ccc(COC5CCN(C)CC5)cn4)ncc3F)cc2n1C(C)C. The number of aryl methyl sites for hydroxylation is 1. The van der Waals surface area contributed by atoms with Crippen LogP contribution >= 0.6 is 0 Å². The number of nitrogens with one attached hydrogen (secondary N) is 1. The van der Waals surface area contributed by atoms with Crippen LogP contribution in [0.4, 0.5) is 20.5 Å². The van der Waals surface area contributed by atoms with E-state index in [1.54, 1.807) is 18.3 Å². The van der Waals surface area contributed by atoms with Gasteiger partial charge in [0.2, 0.25) is 5.95 Å². The summed E-state index contributed by atoms with van der Waals surface area (Å²) in [6.45, 7) is 8.40. The highest BCUT2D eigenvalue weighted by molar-refractivity contribution is 5.83. The maximum absolute atomic E-state index is 14.9. The van der Waals surface area contributed by atoms with E-state index < -0.39 is 11.6 Å². The van der Waals surface area contributed by atoms with Crippen LogP contribution in [0.2, 0.25) is 0 Å². The summed E-state index contributed by atoms with van der Waals surface area (Å²) in [6, 6.07) is 6.76. The van der Waals surface area contributed by atoms with E-state index in [1.165, 1.54) is 6.07 Å². The van der Waals surface area contributed by atoms with Gasteiger partial charge in [0, 0.05) is 30.9 Å². The third-order valence-corrected chi connectivity index (χ3v) is 6.67. The lowest BCUT2D eigenvalue weighted by molar-refractivity contribution is 0.00204. The monoisotopic (exact) mass is 507 g/mol. The highest BCUT2D eigenvalue weighted by Crippen LogP contribution is 2.30. The summed E-state index contributed by atoms with van der Waals surface area (Å²) in [5.74, 6) is 0.190. The van der Waals surface area contributed by atoms with Crippen LogP contribution in [-0.4, -0.2) is 55.6 Å². The van der Waals surface area contributed by atoms with E-state index in [9.17, 15) is 8.78 Å². The van der Waals surface area contributed by atoms with E-state index in [0.717, 1.165) is 37.7 Å². The zero-order chi connectivity index (χ0) is 26.1. The van der Waals surface area contributed by atoms with Crippen LogP contribution in [-0.2, 0) is 11.3 Å². The molecule has 0 radical (unpaired) electrons. The van der Waals surface area contributed by atoms with Crippen LogP contribution in [0.3, 0.4) is 0 Å². The smallest absolute Gasteiger partial charge is 0.229 e. The lowest BCUT2D eigenvalue weighted by atomic mass is 10.1. The molecule has 4 heterocycles. The predicted octanol–water partition coefficient (Wildman–Crippen LogP) is 5.41. The van der Waals surface area contributed by atoms with Crippen LogP contribution in [0.1, 0.15) is 44.1 Å². The fourth-order valence-electron chi connectivity index (χ4n) is 4.75. The maximum Gasteiger partial charge on any atom is 0.229 e. The van der Waals surface area contributed by atoms with E-state index in [-0.39, 0.29) is 29.3 Å². The molecule has 10 heteroatoms. The summed E-state index contributed by atoms with van der Waals surface area (Å²) in [6.07, 6.45) is 5.14. The zero-order valence-electron chi connectivity index (χ0n) is 21.5. The number of pyridine rings is 1. The van der Waals surface area contributed by atoms with Crippen molar-refractivity contribution in [3.63, 3.8) is 0 Å². The molecule has 0 aliphatic carbocycles. The third-order valence-electron chi connectivity index (χ3n) is 6.67. The number of hydrogen-bond acceptors (Lipinski definition) is 7. The molecule has 1 N–H and O–H groups in total. The second kappa shape index (κ2) is 10.5. The van der Waals surface area contributed by atoms with Gasteiger partial charge >= 0.3 is 0 Å². The van der Waals surface area contributed by atoms with Crippen LogP contribution in [0.25, 0.3) is 22.3 Å². The van der Waals surface area contributed by atoms with Gasteiger partial charge in [-0.05, 0) is 64.4 Å². The molecule has 37 heavy (non-hydrogen) atoms. The molecule has 4 aromatic rings. The van der Waals surface area contributed by atoms with Crippen molar-refractivity contribution in [2.45, 2.75) is 52.4 Å². The number of anilines is 2. The Hall–Kier alpha value is -3.50. The van der Waals surface area contributed by atoms with Gasteiger partial charge in [0.25, 0.3) is 0 Å². The molecule has 0 spiro atoms. The number of ether oxygens (including phenoxy) is 1. The van der Waals surface area contributed by atoms with E-state index in [4.69, 9.17) is 4.74 Å². The molecule has 0 unspecified atom stereocenters. The molecule has 8 nitrogen and oxygen atoms in total. The molecule has 194 valence electrons. The first-order chi connectivity index (χ1) is 17.8. The average molecular weight is 508 g/mol. The lowest BCUT2D eigenvalue weighted by Crippen LogP contribution is -2.34. The van der Waals surface area contributed by atoms with E-state index in [2.05, 4.69) is 37.2 Å². The summed E-state index contributed by atoms with van der Waals surface area (Å²) in [5, 5.41) is 3.01. The van der Waals surface area contributed by atoms with Crippen LogP contribution < -0.4 is 5.32 Å². The number of aromatic nitrogens is 5. The minimum absolute atomic E-state index is 0.00407. The quantitative estimate of drug-likeness (QED) is 0.358. The minimum atomic E-state index is -0.647. The number of likely N-dealkylation sites (tertiary alicyclic amines) is 1. The molecule has 1 fully saturated rings. The molecule has 0 atom stereocenters. The second-order valence-electron chi connectivity index (χ2n) is 9.83. The Morgan fingerprint density at radius 1 is 1.05 bits per heavy atom. The molecule has 0 amide bonds. The molecule has 5 rings (SSSR count). The molecular weight excluding hydrogens is 476 g/mol. The van der Waals surface area contributed by atoms with E-state index in [1.807, 2.05) is 31.4 Å². The summed E-state index contributed by atoms with van der Waals surface area (Å²) in [4.78, 5) is 19.4. The van der Waals surface area contributed by atoms with E-state index in [0.29, 0.717) is 29.3 Å². The summed E-state index contributed by atoms with van der Waals surface area (Å²) in [5.41, 5.74) is 2.12. The number of piperidine rings is 1. The van der Waals surface area contributed by atoms with Crippen molar-refractivity contribution in [1.82, 2.24) is 29.4 Å². The molecule has 3 aromatic heterocycles. The van der Waals surface area contributed by atoms with Gasteiger partial charge in [0.05, 0.1) is 24.4 Å². The minimum Gasteiger partial charge on any atom is -0.373 e. The normalized spacial score (nSPS) is 15.1. The third kappa shape index (κ3) is 5.45. The van der Waals surface area contributed by atoms with Crippen molar-refractivity contribution in [2.24, 2.45) is 0 Å². The second-order valence-corrected chi connectivity index (χ2v) is 9.83. The topological polar surface area (TPSA) is 81.0 Å². The number of nitrogens with zero attached hydrogens (tertiary/aromatic N) is 6. The van der Waals surface area contributed by atoms with Gasteiger partial charge in [-0.3, -0.25) is 0 Å². The Morgan fingerprint density at radius 3 is 2.54 bits per heavy atom. The number of hydrogen-bond donors (Lipinski definition) is 1. The van der Waals surface area contributed by atoms with Gasteiger partial charge in [-0.2, -0.15) is 0 Å². The van der Waals surface area contributed by atoms with Gasteiger partial charge < -0.3 is 19.5 Å². The number of halogens is 2. The Morgan fingerprint density at radius 2 is 1.84 bits per heavy atom. The van der Waals surface area contributed by atoms with Crippen LogP contribution in [0.15, 0.2) is 36.7 Å². The fraction of sp³-hybridized carbons (Fsp3) is 0.407. The first-order valence-corrected chi connectivity index (χ1v) is 12.5. The Balaban J connectivity index is 1.33. The molecular formula is C27H31F2N7O. The lowest BCUT2D eigenvalue weighted by Gasteiger charge is -2.28. The molecule has 1 aromatic carbocycles. The van der Waals surface area contributed by atoms with Gasteiger partial charge in [0.15, 0.2) is 11.6 Å². The standard InChI is InChI=1S/C27H31F2N7O/c1-16(2)36-17(3)32-26-21(28)11-19(12-23(26)36)25-22(29)14-31-27(34-25)33-24-6-5-18(13-30-24)15-37-20-7-9-35(4)10-8-20/h5-6,11-14,16,20H,7-10,15H2,1-4H3,(H,30,31,33,34). The number of rotatable bonds is 7. The van der Waals surface area contributed by atoms with Crippen molar-refractivity contribution in [1.29, 1.82) is 0 Å². The Kier molecular flexibility index (Phi) is 7.12. The van der Waals surface area contributed by atoms with E-state index >= 15 is 0 Å². The molecule has 1 aliphatic heterocycles. The molecule has 0 bridgehead atoms. The Labute approximate surface area is 214 Å². The van der Waals surface area contributed by atoms with Gasteiger partial charge in [-0.15, -0.1) is 0 Å². The Bertz CT molecular complexity index is 1400. The average Bonchev–Trinajstić information content (AvgIpc) is 3.22. The highest BCUT2D eigenvalue weighted by atomic mass is 19.1. The molecule has 1 saturated heterocycles. The van der Waals surface area contributed by atoms with Crippen molar-refractivity contribution in [3.8, 4) is 11.3 Å². The van der Waals surface area contributed by atoms with Gasteiger partial charge in [-0.25, -0.2) is 28.7 Å². The van der Waals surface area contributed by atoms with Crippen molar-refractivity contribution in [3.05, 3.63) is 59.7 Å². The summed E-state index contributed by atoms with van der Waals surface area (Å²) >= 11 is 0. The molecule has 1 aliphatic rings. The number of fused-ring (bicyclic) bond motifs is 1. The number of imidazole rings is 1. The zero-order valence-corrected chi connectivity index (χ0v) is 21.5. The van der Waals surface area contributed by atoms with Crippen LogP contribution in [0.5, 0.6) is 0 Å². The van der Waals surface area contributed by atoms with Crippen molar-refractivity contribution in [2.75, 3.05) is 25.5 Å². The van der Waals surface area contributed by atoms with Crippen LogP contribution in [0, 0.1) is 18.6 Å². The summed E-state index contributed by atoms with van der Waals surface area (Å²) < 4.78 is 37.6. The maximum atomic E-state index is 14.9. The van der Waals surface area contributed by atoms with Gasteiger partial charge in [0.1, 0.15) is 22.9 Å². The first-order valence-electron chi connectivity index (χ1n) is 12.5. The largest absolute Gasteiger partial charge is 0.373 e. The van der Waals surface area contributed by atoms with Gasteiger partial charge in [-0.1, -0.05) is 6.07 Å². The number of benzene rings is 1. The first kappa shape index (κ1) is 25.2. The highest BCUT2D eigenvalue weighted by Gasteiger charge is 2.19. The predicted molar refractivity (Wildman–Crippen MR) is 139 cm³/mol.